The van der Waals surface area contributed by atoms with E-state index >= 15 is 0 Å². The van der Waals surface area contributed by atoms with Gasteiger partial charge < -0.3 is 9.80 Å². The van der Waals surface area contributed by atoms with Crippen molar-refractivity contribution in [2.75, 3.05) is 20.1 Å². The molecule has 0 aromatic heterocycles. The molecule has 0 N–H and O–H groups in total. The first-order valence-corrected chi connectivity index (χ1v) is 8.93. The topological polar surface area (TPSA) is 40.6 Å². The maximum Gasteiger partial charge on any atom is 0.227 e. The maximum absolute atomic E-state index is 12.5. The van der Waals surface area contributed by atoms with Gasteiger partial charge in [-0.15, -0.1) is 0 Å². The number of amides is 2. The van der Waals surface area contributed by atoms with E-state index in [0.29, 0.717) is 24.9 Å². The average Bonchev–Trinajstić information content (AvgIpc) is 2.86. The van der Waals surface area contributed by atoms with E-state index in [-0.39, 0.29) is 17.7 Å². The van der Waals surface area contributed by atoms with Crippen molar-refractivity contribution in [1.29, 1.82) is 0 Å². The van der Waals surface area contributed by atoms with Gasteiger partial charge in [-0.2, -0.15) is 0 Å². The van der Waals surface area contributed by atoms with E-state index in [1.165, 1.54) is 12.8 Å². The van der Waals surface area contributed by atoms with Gasteiger partial charge in [0.25, 0.3) is 0 Å². The summed E-state index contributed by atoms with van der Waals surface area (Å²) >= 11 is 0. The molecule has 1 aliphatic carbocycles. The van der Waals surface area contributed by atoms with Crippen molar-refractivity contribution in [1.82, 2.24) is 9.80 Å². The molecule has 2 rings (SSSR count). The summed E-state index contributed by atoms with van der Waals surface area (Å²) in [5, 5.41) is 0. The van der Waals surface area contributed by atoms with Gasteiger partial charge in [0.05, 0.1) is 5.92 Å². The number of rotatable bonds is 5. The van der Waals surface area contributed by atoms with Crippen LogP contribution < -0.4 is 0 Å². The Morgan fingerprint density at radius 3 is 2.50 bits per heavy atom. The molecular weight excluding hydrogens is 276 g/mol. The summed E-state index contributed by atoms with van der Waals surface area (Å²) < 4.78 is 0. The summed E-state index contributed by atoms with van der Waals surface area (Å²) in [6.07, 6.45) is 6.07. The molecule has 0 bridgehead atoms. The number of carbonyl (C=O) groups excluding carboxylic acids is 2. The fourth-order valence-corrected chi connectivity index (χ4v) is 3.68. The second kappa shape index (κ2) is 7.47. The molecule has 2 aliphatic rings. The molecule has 1 atom stereocenters. The number of carbonyl (C=O) groups is 2. The Morgan fingerprint density at radius 2 is 1.91 bits per heavy atom. The molecule has 0 radical (unpaired) electrons. The van der Waals surface area contributed by atoms with Gasteiger partial charge in [0.15, 0.2) is 0 Å². The summed E-state index contributed by atoms with van der Waals surface area (Å²) in [5.74, 6) is 1.61. The highest BCUT2D eigenvalue weighted by atomic mass is 16.2. The van der Waals surface area contributed by atoms with Crippen LogP contribution >= 0.6 is 0 Å². The van der Waals surface area contributed by atoms with Crippen LogP contribution in [-0.4, -0.2) is 47.8 Å². The van der Waals surface area contributed by atoms with E-state index in [1.807, 2.05) is 16.8 Å². The molecule has 4 heteroatoms. The molecule has 1 saturated heterocycles. The van der Waals surface area contributed by atoms with Crippen molar-refractivity contribution in [3.63, 3.8) is 0 Å². The Morgan fingerprint density at radius 1 is 1.27 bits per heavy atom. The second-order valence-electron chi connectivity index (χ2n) is 7.80. The van der Waals surface area contributed by atoms with Gasteiger partial charge in [0, 0.05) is 32.6 Å². The highest BCUT2D eigenvalue weighted by Gasteiger charge is 2.39. The highest BCUT2D eigenvalue weighted by molar-refractivity contribution is 5.89. The largest absolute Gasteiger partial charge is 0.345 e. The number of hydrogen-bond donors (Lipinski definition) is 0. The molecule has 0 aromatic carbocycles. The zero-order chi connectivity index (χ0) is 16.3. The molecule has 2 amide bonds. The molecule has 1 aliphatic heterocycles. The molecule has 0 aromatic rings. The van der Waals surface area contributed by atoms with Gasteiger partial charge in [0.1, 0.15) is 0 Å². The van der Waals surface area contributed by atoms with Crippen LogP contribution in [0.5, 0.6) is 0 Å². The minimum atomic E-state index is -0.121. The van der Waals surface area contributed by atoms with Crippen LogP contribution in [0, 0.1) is 17.8 Å². The van der Waals surface area contributed by atoms with Crippen LogP contribution in [0.15, 0.2) is 0 Å². The van der Waals surface area contributed by atoms with E-state index in [1.54, 1.807) is 0 Å². The molecular formula is C18H32N2O2. The number of nitrogens with zero attached hydrogens (tertiary/aromatic N) is 2. The first kappa shape index (κ1) is 17.3. The zero-order valence-electron chi connectivity index (χ0n) is 14.7. The molecule has 22 heavy (non-hydrogen) atoms. The Hall–Kier alpha value is -1.06. The number of hydrogen-bond acceptors (Lipinski definition) is 2. The van der Waals surface area contributed by atoms with Gasteiger partial charge in [-0.1, -0.05) is 20.8 Å². The summed E-state index contributed by atoms with van der Waals surface area (Å²) in [6.45, 7) is 8.06. The van der Waals surface area contributed by atoms with Crippen molar-refractivity contribution in [3.05, 3.63) is 0 Å². The average molecular weight is 308 g/mol. The lowest BCUT2D eigenvalue weighted by Crippen LogP contribution is -2.40. The van der Waals surface area contributed by atoms with Crippen LogP contribution in [0.1, 0.15) is 59.3 Å². The van der Waals surface area contributed by atoms with Gasteiger partial charge in [-0.05, 0) is 43.9 Å². The van der Waals surface area contributed by atoms with Crippen LogP contribution in [-0.2, 0) is 9.59 Å². The molecule has 2 fully saturated rings. The molecule has 126 valence electrons. The van der Waals surface area contributed by atoms with Gasteiger partial charge >= 0.3 is 0 Å². The van der Waals surface area contributed by atoms with Crippen molar-refractivity contribution in [3.8, 4) is 0 Å². The minimum Gasteiger partial charge on any atom is -0.345 e. The van der Waals surface area contributed by atoms with E-state index in [9.17, 15) is 9.59 Å². The third-order valence-electron chi connectivity index (χ3n) is 5.35. The van der Waals surface area contributed by atoms with Gasteiger partial charge in [-0.3, -0.25) is 9.59 Å². The second-order valence-corrected chi connectivity index (χ2v) is 7.80. The third kappa shape index (κ3) is 4.23. The van der Waals surface area contributed by atoms with Crippen molar-refractivity contribution in [2.24, 2.45) is 17.8 Å². The van der Waals surface area contributed by atoms with Crippen LogP contribution in [0.4, 0.5) is 0 Å². The minimum absolute atomic E-state index is 0.121. The first-order chi connectivity index (χ1) is 10.4. The van der Waals surface area contributed by atoms with Crippen molar-refractivity contribution < 1.29 is 9.59 Å². The highest BCUT2D eigenvalue weighted by Crippen LogP contribution is 2.31. The summed E-state index contributed by atoms with van der Waals surface area (Å²) in [7, 11) is 1.88. The van der Waals surface area contributed by atoms with Crippen LogP contribution in [0.3, 0.4) is 0 Å². The predicted molar refractivity (Wildman–Crippen MR) is 88.3 cm³/mol. The van der Waals surface area contributed by atoms with Crippen molar-refractivity contribution >= 4 is 11.8 Å². The quantitative estimate of drug-likeness (QED) is 0.783. The Labute approximate surface area is 135 Å². The van der Waals surface area contributed by atoms with Gasteiger partial charge in [0.2, 0.25) is 11.8 Å². The van der Waals surface area contributed by atoms with E-state index < -0.39 is 0 Å². The number of likely N-dealkylation sites (tertiary alicyclic amines) is 1. The fourth-order valence-electron chi connectivity index (χ4n) is 3.68. The van der Waals surface area contributed by atoms with E-state index in [2.05, 4.69) is 20.8 Å². The smallest absolute Gasteiger partial charge is 0.227 e. The summed E-state index contributed by atoms with van der Waals surface area (Å²) in [4.78, 5) is 28.7. The first-order valence-electron chi connectivity index (χ1n) is 8.93. The van der Waals surface area contributed by atoms with E-state index in [4.69, 9.17) is 0 Å². The maximum atomic E-state index is 12.5. The predicted octanol–water partition coefficient (Wildman–Crippen LogP) is 2.92. The lowest BCUT2D eigenvalue weighted by molar-refractivity contribution is -0.134. The SMILES string of the molecule is CC(C)CCN(C)C(=O)C1CC(=O)N(C2CCC(C)CC2)C1. The Bertz CT molecular complexity index is 400. The molecule has 4 nitrogen and oxygen atoms in total. The summed E-state index contributed by atoms with van der Waals surface area (Å²) in [6, 6.07) is 0.377. The fraction of sp³-hybridized carbons (Fsp3) is 0.889. The van der Waals surface area contributed by atoms with Crippen LogP contribution in [0.25, 0.3) is 0 Å². The molecule has 0 spiro atoms. The normalized spacial score (nSPS) is 29.2. The standard InChI is InChI=1S/C18H32N2O2/c1-13(2)9-10-19(4)18(22)15-11-17(21)20(12-15)16-7-5-14(3)6-8-16/h13-16H,5-12H2,1-4H3. The molecule has 1 heterocycles. The monoisotopic (exact) mass is 308 g/mol. The van der Waals surface area contributed by atoms with Gasteiger partial charge in [-0.25, -0.2) is 0 Å². The molecule has 1 unspecified atom stereocenters. The lowest BCUT2D eigenvalue weighted by Gasteiger charge is -2.33. The third-order valence-corrected chi connectivity index (χ3v) is 5.35. The van der Waals surface area contributed by atoms with E-state index in [0.717, 1.165) is 31.7 Å². The zero-order valence-corrected chi connectivity index (χ0v) is 14.7. The lowest BCUT2D eigenvalue weighted by atomic mass is 9.86. The van der Waals surface area contributed by atoms with Crippen molar-refractivity contribution in [2.45, 2.75) is 65.3 Å². The Kier molecular flexibility index (Phi) is 5.87. The molecule has 1 saturated carbocycles. The van der Waals surface area contributed by atoms with Crippen LogP contribution in [0.2, 0.25) is 0 Å². The Balaban J connectivity index is 1.87. The summed E-state index contributed by atoms with van der Waals surface area (Å²) in [5.41, 5.74) is 0.